The van der Waals surface area contributed by atoms with Crippen molar-refractivity contribution >= 4 is 11.7 Å². The van der Waals surface area contributed by atoms with E-state index in [1.807, 2.05) is 40.1 Å². The van der Waals surface area contributed by atoms with Gasteiger partial charge in [-0.25, -0.2) is 4.79 Å². The molecule has 1 aromatic rings. The lowest BCUT2D eigenvalue weighted by Crippen LogP contribution is -2.30. The standard InChI is InChI=1S/C13H20N2O2/c1-9-5-6-12(11(7-9)13(16)17)14-10(2)8-15(3)4/h5-7,10,14H,8H2,1-4H3,(H,16,17). The topological polar surface area (TPSA) is 52.6 Å². The molecule has 1 atom stereocenters. The Morgan fingerprint density at radius 1 is 1.47 bits per heavy atom. The normalized spacial score (nSPS) is 12.5. The molecule has 0 spiro atoms. The molecule has 0 fully saturated rings. The highest BCUT2D eigenvalue weighted by Crippen LogP contribution is 2.18. The Balaban J connectivity index is 2.86. The van der Waals surface area contributed by atoms with Crippen LogP contribution in [0.2, 0.25) is 0 Å². The van der Waals surface area contributed by atoms with Gasteiger partial charge in [0.2, 0.25) is 0 Å². The fourth-order valence-corrected chi connectivity index (χ4v) is 1.82. The Labute approximate surface area is 102 Å². The number of nitrogens with one attached hydrogen (secondary N) is 1. The second-order valence-corrected chi connectivity index (χ2v) is 4.66. The van der Waals surface area contributed by atoms with Crippen molar-refractivity contribution in [2.24, 2.45) is 0 Å². The van der Waals surface area contributed by atoms with E-state index < -0.39 is 5.97 Å². The molecule has 1 rings (SSSR count). The van der Waals surface area contributed by atoms with Gasteiger partial charge in [0.05, 0.1) is 5.56 Å². The van der Waals surface area contributed by atoms with Crippen LogP contribution in [0.4, 0.5) is 5.69 Å². The van der Waals surface area contributed by atoms with Crippen molar-refractivity contribution in [3.05, 3.63) is 29.3 Å². The molecule has 0 heterocycles. The van der Waals surface area contributed by atoms with Crippen LogP contribution in [0.15, 0.2) is 18.2 Å². The molecule has 0 aromatic heterocycles. The Bertz CT molecular complexity index is 402. The second kappa shape index (κ2) is 5.68. The average Bonchev–Trinajstić information content (AvgIpc) is 2.19. The summed E-state index contributed by atoms with van der Waals surface area (Å²) in [7, 11) is 3.98. The molecule has 1 aromatic carbocycles. The van der Waals surface area contributed by atoms with Crippen LogP contribution in [-0.2, 0) is 0 Å². The van der Waals surface area contributed by atoms with Gasteiger partial charge in [-0.1, -0.05) is 11.6 Å². The zero-order valence-electron chi connectivity index (χ0n) is 10.8. The molecule has 4 nitrogen and oxygen atoms in total. The van der Waals surface area contributed by atoms with Crippen molar-refractivity contribution in [1.82, 2.24) is 4.90 Å². The first-order valence-corrected chi connectivity index (χ1v) is 5.65. The Kier molecular flexibility index (Phi) is 4.52. The quantitative estimate of drug-likeness (QED) is 0.821. The second-order valence-electron chi connectivity index (χ2n) is 4.66. The molecule has 0 aliphatic carbocycles. The molecule has 4 heteroatoms. The number of rotatable bonds is 5. The van der Waals surface area contributed by atoms with Gasteiger partial charge in [-0.3, -0.25) is 0 Å². The highest BCUT2D eigenvalue weighted by Gasteiger charge is 2.12. The van der Waals surface area contributed by atoms with E-state index in [-0.39, 0.29) is 6.04 Å². The van der Waals surface area contributed by atoms with Crippen LogP contribution in [0.3, 0.4) is 0 Å². The molecule has 0 saturated carbocycles. The van der Waals surface area contributed by atoms with Gasteiger partial charge in [0.15, 0.2) is 0 Å². The molecule has 2 N–H and O–H groups in total. The fraction of sp³-hybridized carbons (Fsp3) is 0.462. The predicted molar refractivity (Wildman–Crippen MR) is 69.8 cm³/mol. The average molecular weight is 236 g/mol. The van der Waals surface area contributed by atoms with Crippen molar-refractivity contribution in [2.75, 3.05) is 26.0 Å². The third-order valence-corrected chi connectivity index (χ3v) is 2.45. The molecule has 0 bridgehead atoms. The number of likely N-dealkylation sites (N-methyl/N-ethyl adjacent to an activating group) is 1. The molecule has 17 heavy (non-hydrogen) atoms. The van der Waals surface area contributed by atoms with Gasteiger partial charge in [-0.15, -0.1) is 0 Å². The summed E-state index contributed by atoms with van der Waals surface area (Å²) in [5, 5.41) is 12.4. The largest absolute Gasteiger partial charge is 0.478 e. The van der Waals surface area contributed by atoms with Crippen LogP contribution >= 0.6 is 0 Å². The first-order chi connectivity index (χ1) is 7.90. The molecular formula is C13H20N2O2. The van der Waals surface area contributed by atoms with E-state index in [2.05, 4.69) is 10.2 Å². The van der Waals surface area contributed by atoms with Gasteiger partial charge in [0.1, 0.15) is 0 Å². The van der Waals surface area contributed by atoms with E-state index in [1.54, 1.807) is 6.07 Å². The van der Waals surface area contributed by atoms with E-state index >= 15 is 0 Å². The van der Waals surface area contributed by atoms with Crippen molar-refractivity contribution in [2.45, 2.75) is 19.9 Å². The lowest BCUT2D eigenvalue weighted by molar-refractivity contribution is 0.0698. The summed E-state index contributed by atoms with van der Waals surface area (Å²) >= 11 is 0. The minimum absolute atomic E-state index is 0.200. The maximum absolute atomic E-state index is 11.1. The summed E-state index contributed by atoms with van der Waals surface area (Å²) in [6, 6.07) is 5.63. The third kappa shape index (κ3) is 4.07. The predicted octanol–water partition coefficient (Wildman–Crippen LogP) is 2.06. The van der Waals surface area contributed by atoms with E-state index in [1.165, 1.54) is 0 Å². The minimum Gasteiger partial charge on any atom is -0.478 e. The van der Waals surface area contributed by atoms with Crippen LogP contribution in [0.25, 0.3) is 0 Å². The SMILES string of the molecule is Cc1ccc(NC(C)CN(C)C)c(C(=O)O)c1. The zero-order chi connectivity index (χ0) is 13.0. The number of nitrogens with zero attached hydrogens (tertiary/aromatic N) is 1. The smallest absolute Gasteiger partial charge is 0.337 e. The molecule has 0 aliphatic heterocycles. The van der Waals surface area contributed by atoms with Crippen LogP contribution in [0.5, 0.6) is 0 Å². The zero-order valence-corrected chi connectivity index (χ0v) is 10.8. The summed E-state index contributed by atoms with van der Waals surface area (Å²) in [4.78, 5) is 13.2. The van der Waals surface area contributed by atoms with Crippen molar-refractivity contribution < 1.29 is 9.90 Å². The van der Waals surface area contributed by atoms with E-state index in [4.69, 9.17) is 5.11 Å². The lowest BCUT2D eigenvalue weighted by atomic mass is 10.1. The van der Waals surface area contributed by atoms with E-state index in [0.717, 1.165) is 12.1 Å². The number of carboxylic acids is 1. The molecule has 0 amide bonds. The summed E-state index contributed by atoms with van der Waals surface area (Å²) in [5.74, 6) is -0.895. The number of carbonyl (C=O) groups is 1. The van der Waals surface area contributed by atoms with Gasteiger partial charge in [0.25, 0.3) is 0 Å². The first kappa shape index (κ1) is 13.5. The van der Waals surface area contributed by atoms with Crippen LogP contribution < -0.4 is 5.32 Å². The lowest BCUT2D eigenvalue weighted by Gasteiger charge is -2.20. The van der Waals surface area contributed by atoms with Gasteiger partial charge < -0.3 is 15.3 Å². The molecular weight excluding hydrogens is 216 g/mol. The number of hydrogen-bond acceptors (Lipinski definition) is 3. The van der Waals surface area contributed by atoms with Gasteiger partial charge >= 0.3 is 5.97 Å². The number of aromatic carboxylic acids is 1. The third-order valence-electron chi connectivity index (χ3n) is 2.45. The molecule has 1 unspecified atom stereocenters. The van der Waals surface area contributed by atoms with Crippen LogP contribution in [0.1, 0.15) is 22.8 Å². The Morgan fingerprint density at radius 2 is 2.12 bits per heavy atom. The number of anilines is 1. The van der Waals surface area contributed by atoms with Gasteiger partial charge in [0, 0.05) is 18.3 Å². The monoisotopic (exact) mass is 236 g/mol. The molecule has 94 valence electrons. The highest BCUT2D eigenvalue weighted by molar-refractivity contribution is 5.94. The van der Waals surface area contributed by atoms with Crippen molar-refractivity contribution in [1.29, 1.82) is 0 Å². The number of benzene rings is 1. The van der Waals surface area contributed by atoms with Crippen molar-refractivity contribution in [3.8, 4) is 0 Å². The Hall–Kier alpha value is -1.55. The first-order valence-electron chi connectivity index (χ1n) is 5.65. The molecule has 0 aliphatic rings. The maximum atomic E-state index is 11.1. The maximum Gasteiger partial charge on any atom is 0.337 e. The summed E-state index contributed by atoms with van der Waals surface area (Å²) in [6.07, 6.45) is 0. The van der Waals surface area contributed by atoms with Gasteiger partial charge in [-0.05, 0) is 40.1 Å². The number of hydrogen-bond donors (Lipinski definition) is 2. The van der Waals surface area contributed by atoms with E-state index in [0.29, 0.717) is 11.3 Å². The molecule has 0 saturated heterocycles. The summed E-state index contributed by atoms with van der Waals surface area (Å²) in [5.41, 5.74) is 1.96. The van der Waals surface area contributed by atoms with Crippen molar-refractivity contribution in [3.63, 3.8) is 0 Å². The summed E-state index contributed by atoms with van der Waals surface area (Å²) in [6.45, 7) is 4.78. The number of aryl methyl sites for hydroxylation is 1. The minimum atomic E-state index is -0.895. The fourth-order valence-electron chi connectivity index (χ4n) is 1.82. The summed E-state index contributed by atoms with van der Waals surface area (Å²) < 4.78 is 0. The van der Waals surface area contributed by atoms with Crippen LogP contribution in [0, 0.1) is 6.92 Å². The van der Waals surface area contributed by atoms with E-state index in [9.17, 15) is 4.79 Å². The Morgan fingerprint density at radius 3 is 2.65 bits per heavy atom. The molecule has 0 radical (unpaired) electrons. The van der Waals surface area contributed by atoms with Crippen LogP contribution in [-0.4, -0.2) is 42.7 Å². The van der Waals surface area contributed by atoms with Gasteiger partial charge in [-0.2, -0.15) is 0 Å². The highest BCUT2D eigenvalue weighted by atomic mass is 16.4. The number of carboxylic acid groups (broad SMARTS) is 1.